The maximum atomic E-state index is 13.4. The molecular weight excluding hydrogens is 409 g/mol. The first-order valence-corrected chi connectivity index (χ1v) is 10.4. The van der Waals surface area contributed by atoms with Crippen molar-refractivity contribution in [2.75, 3.05) is 18.0 Å². The molecule has 0 spiro atoms. The molecule has 5 rings (SSSR count). The van der Waals surface area contributed by atoms with E-state index in [0.717, 1.165) is 24.6 Å². The average molecular weight is 432 g/mol. The fraction of sp³-hybridized carbons (Fsp3) is 0.450. The number of nitrogens with two attached hydrogens (primary N) is 1. The Morgan fingerprint density at radius 2 is 1.90 bits per heavy atom. The summed E-state index contributed by atoms with van der Waals surface area (Å²) in [5, 5.41) is 9.07. The van der Waals surface area contributed by atoms with Gasteiger partial charge in [-0.2, -0.15) is 14.8 Å². The van der Waals surface area contributed by atoms with Gasteiger partial charge in [0.25, 0.3) is 5.95 Å². The number of hydrogen-bond acceptors (Lipinski definition) is 6. The zero-order valence-corrected chi connectivity index (χ0v) is 17.6. The van der Waals surface area contributed by atoms with Gasteiger partial charge < -0.3 is 15.4 Å². The van der Waals surface area contributed by atoms with Crippen molar-refractivity contribution in [2.45, 2.75) is 25.8 Å². The molecule has 0 amide bonds. The molecule has 1 saturated heterocycles. The van der Waals surface area contributed by atoms with Gasteiger partial charge in [-0.1, -0.05) is 11.6 Å². The van der Waals surface area contributed by atoms with Crippen molar-refractivity contribution >= 4 is 17.4 Å². The summed E-state index contributed by atoms with van der Waals surface area (Å²) in [4.78, 5) is 6.84. The summed E-state index contributed by atoms with van der Waals surface area (Å²) in [6.45, 7) is 3.77. The van der Waals surface area contributed by atoms with E-state index in [-0.39, 0.29) is 17.1 Å². The first-order chi connectivity index (χ1) is 14.4. The van der Waals surface area contributed by atoms with Crippen molar-refractivity contribution in [1.29, 1.82) is 0 Å². The minimum Gasteiger partial charge on any atom is -0.424 e. The number of rotatable bonds is 4. The summed E-state index contributed by atoms with van der Waals surface area (Å²) >= 11 is 5.84. The Morgan fingerprint density at radius 3 is 2.60 bits per heavy atom. The molecule has 30 heavy (non-hydrogen) atoms. The highest BCUT2D eigenvalue weighted by atomic mass is 35.5. The van der Waals surface area contributed by atoms with Crippen LogP contribution < -0.4 is 15.4 Å². The number of nitrogens with zero attached hydrogens (tertiary/aromatic N) is 6. The van der Waals surface area contributed by atoms with E-state index >= 15 is 0 Å². The maximum absolute atomic E-state index is 13.4. The fourth-order valence-corrected chi connectivity index (χ4v) is 4.66. The summed E-state index contributed by atoms with van der Waals surface area (Å²) in [6, 6.07) is 6.74. The van der Waals surface area contributed by atoms with Crippen molar-refractivity contribution in [3.05, 3.63) is 40.8 Å². The molecule has 0 radical (unpaired) electrons. The Bertz CT molecular complexity index is 1080. The van der Waals surface area contributed by atoms with Crippen molar-refractivity contribution in [3.63, 3.8) is 0 Å². The SMILES string of the molecule is Cc1cc(N2CC3CCC(C2)C3N)n(-c2nc(Oc3ccc(F)c(Cl)c3)n(C)n2)n1. The van der Waals surface area contributed by atoms with E-state index < -0.39 is 5.82 Å². The third kappa shape index (κ3) is 3.31. The molecule has 1 aromatic carbocycles. The second kappa shape index (κ2) is 7.24. The van der Waals surface area contributed by atoms with Crippen LogP contribution in [0, 0.1) is 24.6 Å². The summed E-state index contributed by atoms with van der Waals surface area (Å²) < 4.78 is 22.4. The second-order valence-corrected chi connectivity index (χ2v) is 8.54. The summed E-state index contributed by atoms with van der Waals surface area (Å²) in [5.41, 5.74) is 7.25. The molecule has 2 atom stereocenters. The van der Waals surface area contributed by atoms with E-state index in [4.69, 9.17) is 22.1 Å². The van der Waals surface area contributed by atoms with Gasteiger partial charge >= 0.3 is 6.01 Å². The van der Waals surface area contributed by atoms with Gasteiger partial charge in [-0.3, -0.25) is 0 Å². The first-order valence-electron chi connectivity index (χ1n) is 10.0. The van der Waals surface area contributed by atoms with Crippen LogP contribution in [0.25, 0.3) is 5.95 Å². The number of aryl methyl sites for hydroxylation is 2. The Kier molecular flexibility index (Phi) is 4.67. The monoisotopic (exact) mass is 431 g/mol. The summed E-state index contributed by atoms with van der Waals surface area (Å²) in [5.74, 6) is 2.25. The molecule has 2 N–H and O–H groups in total. The Balaban J connectivity index is 1.44. The lowest BCUT2D eigenvalue weighted by Gasteiger charge is -2.37. The molecule has 2 unspecified atom stereocenters. The van der Waals surface area contributed by atoms with Gasteiger partial charge in [0.2, 0.25) is 0 Å². The lowest BCUT2D eigenvalue weighted by Crippen LogP contribution is -2.49. The predicted molar refractivity (Wildman–Crippen MR) is 111 cm³/mol. The molecule has 2 fully saturated rings. The number of hydrogen-bond donors (Lipinski definition) is 1. The number of anilines is 1. The molecule has 2 bridgehead atoms. The summed E-state index contributed by atoms with van der Waals surface area (Å²) in [7, 11) is 1.73. The third-order valence-corrected chi connectivity index (χ3v) is 6.33. The van der Waals surface area contributed by atoms with Crippen LogP contribution in [0.3, 0.4) is 0 Å². The van der Waals surface area contributed by atoms with E-state index in [0.29, 0.717) is 23.5 Å². The molecule has 3 heterocycles. The van der Waals surface area contributed by atoms with Crippen LogP contribution in [0.1, 0.15) is 18.5 Å². The van der Waals surface area contributed by atoms with Crippen LogP contribution in [0.15, 0.2) is 24.3 Å². The molecule has 2 aromatic heterocycles. The number of piperidine rings is 1. The molecule has 10 heteroatoms. The minimum absolute atomic E-state index is 0.0159. The van der Waals surface area contributed by atoms with Crippen LogP contribution in [0.5, 0.6) is 11.8 Å². The molecule has 1 saturated carbocycles. The number of fused-ring (bicyclic) bond motifs is 2. The van der Waals surface area contributed by atoms with Crippen LogP contribution in [0.2, 0.25) is 5.02 Å². The fourth-order valence-electron chi connectivity index (χ4n) is 4.49. The minimum atomic E-state index is -0.505. The topological polar surface area (TPSA) is 87.0 Å². The second-order valence-electron chi connectivity index (χ2n) is 8.13. The molecular formula is C20H23ClFN7O. The van der Waals surface area contributed by atoms with Crippen molar-refractivity contribution in [3.8, 4) is 17.7 Å². The Morgan fingerprint density at radius 1 is 1.17 bits per heavy atom. The van der Waals surface area contributed by atoms with Crippen LogP contribution in [-0.4, -0.2) is 43.7 Å². The maximum Gasteiger partial charge on any atom is 0.322 e. The zero-order chi connectivity index (χ0) is 21.0. The molecule has 158 valence electrons. The van der Waals surface area contributed by atoms with E-state index in [1.165, 1.54) is 35.7 Å². The molecule has 2 aliphatic rings. The van der Waals surface area contributed by atoms with Gasteiger partial charge in [-0.15, -0.1) is 5.10 Å². The standard InChI is InChI=1S/C20H23ClFN7O/c1-11-7-17(28-9-12-3-4-13(10-28)18(12)23)29(25-11)19-24-20(27(2)26-19)30-14-5-6-16(22)15(21)8-14/h5-8,12-13,18H,3-4,9-10,23H2,1-2H3. The highest BCUT2D eigenvalue weighted by Gasteiger charge is 2.40. The van der Waals surface area contributed by atoms with Crippen molar-refractivity contribution < 1.29 is 9.13 Å². The number of halogens is 2. The number of ether oxygens (including phenoxy) is 1. The first kappa shape index (κ1) is 19.3. The van der Waals surface area contributed by atoms with E-state index in [1.54, 1.807) is 11.7 Å². The van der Waals surface area contributed by atoms with Crippen LogP contribution in [-0.2, 0) is 7.05 Å². The Hall–Kier alpha value is -2.65. The smallest absolute Gasteiger partial charge is 0.322 e. The van der Waals surface area contributed by atoms with Gasteiger partial charge in [0.1, 0.15) is 17.4 Å². The molecule has 1 aliphatic heterocycles. The normalized spacial score (nSPS) is 23.2. The third-order valence-electron chi connectivity index (χ3n) is 6.04. The van der Waals surface area contributed by atoms with Gasteiger partial charge in [0, 0.05) is 38.3 Å². The van der Waals surface area contributed by atoms with Crippen molar-refractivity contribution in [2.24, 2.45) is 24.6 Å². The lowest BCUT2D eigenvalue weighted by atomic mass is 9.93. The molecule has 3 aromatic rings. The number of benzene rings is 1. The van der Waals surface area contributed by atoms with Gasteiger partial charge in [-0.25, -0.2) is 9.07 Å². The van der Waals surface area contributed by atoms with E-state index in [1.807, 2.05) is 13.0 Å². The van der Waals surface area contributed by atoms with Gasteiger partial charge in [0.05, 0.1) is 10.7 Å². The highest BCUT2D eigenvalue weighted by molar-refractivity contribution is 6.30. The quantitative estimate of drug-likeness (QED) is 0.683. The van der Waals surface area contributed by atoms with Crippen LogP contribution >= 0.6 is 11.6 Å². The lowest BCUT2D eigenvalue weighted by molar-refractivity contribution is 0.353. The highest BCUT2D eigenvalue weighted by Crippen LogP contribution is 2.38. The van der Waals surface area contributed by atoms with Crippen molar-refractivity contribution in [1.82, 2.24) is 24.5 Å². The largest absolute Gasteiger partial charge is 0.424 e. The predicted octanol–water partition coefficient (Wildman–Crippen LogP) is 3.07. The van der Waals surface area contributed by atoms with Crippen LogP contribution in [0.4, 0.5) is 10.2 Å². The van der Waals surface area contributed by atoms with E-state index in [2.05, 4.69) is 20.1 Å². The van der Waals surface area contributed by atoms with Gasteiger partial charge in [-0.05, 0) is 43.7 Å². The van der Waals surface area contributed by atoms with E-state index in [9.17, 15) is 4.39 Å². The molecule has 8 nitrogen and oxygen atoms in total. The summed E-state index contributed by atoms with van der Waals surface area (Å²) in [6.07, 6.45) is 2.35. The number of aromatic nitrogens is 5. The van der Waals surface area contributed by atoms with Gasteiger partial charge in [0.15, 0.2) is 0 Å². The molecule has 1 aliphatic carbocycles. The Labute approximate surface area is 178 Å². The average Bonchev–Trinajstić information content (AvgIpc) is 3.31. The zero-order valence-electron chi connectivity index (χ0n) is 16.8.